The van der Waals surface area contributed by atoms with E-state index in [0.717, 1.165) is 21.5 Å². The summed E-state index contributed by atoms with van der Waals surface area (Å²) in [5.41, 5.74) is 1.66. The number of methoxy groups -OCH3 is 1. The summed E-state index contributed by atoms with van der Waals surface area (Å²) in [6.45, 7) is 1.05. The van der Waals surface area contributed by atoms with Gasteiger partial charge in [-0.25, -0.2) is 9.97 Å². The van der Waals surface area contributed by atoms with Gasteiger partial charge in [0.1, 0.15) is 19.0 Å². The third kappa shape index (κ3) is 4.17. The molecule has 0 unspecified atom stereocenters. The van der Waals surface area contributed by atoms with Crippen LogP contribution < -0.4 is 19.5 Å². The van der Waals surface area contributed by atoms with Gasteiger partial charge in [0.25, 0.3) is 0 Å². The number of hydrogen-bond donors (Lipinski definition) is 1. The van der Waals surface area contributed by atoms with Gasteiger partial charge in [0, 0.05) is 30.5 Å². The predicted octanol–water partition coefficient (Wildman–Crippen LogP) is 4.30. The molecule has 2 aromatic carbocycles. The molecule has 2 aromatic heterocycles. The Morgan fingerprint density at radius 1 is 1.16 bits per heavy atom. The van der Waals surface area contributed by atoms with E-state index in [9.17, 15) is 4.79 Å². The first-order chi connectivity index (χ1) is 15.2. The van der Waals surface area contributed by atoms with E-state index in [1.54, 1.807) is 13.3 Å². The number of nitrogens with zero attached hydrogens (tertiary/aromatic N) is 2. The number of oxazole rings is 1. The highest BCUT2D eigenvalue weighted by Gasteiger charge is 2.16. The molecule has 5 rings (SSSR count). The van der Waals surface area contributed by atoms with E-state index < -0.39 is 0 Å². The number of amides is 1. The van der Waals surface area contributed by atoms with Crippen LogP contribution in [0.1, 0.15) is 12.3 Å². The molecule has 0 bridgehead atoms. The van der Waals surface area contributed by atoms with Crippen LogP contribution in [0.25, 0.3) is 21.5 Å². The van der Waals surface area contributed by atoms with Crippen LogP contribution in [0.3, 0.4) is 0 Å². The first-order valence-corrected chi connectivity index (χ1v) is 10.6. The summed E-state index contributed by atoms with van der Waals surface area (Å²) >= 11 is 1.40. The lowest BCUT2D eigenvalue weighted by molar-refractivity contribution is -0.116. The zero-order valence-electron chi connectivity index (χ0n) is 16.7. The summed E-state index contributed by atoms with van der Waals surface area (Å²) < 4.78 is 23.0. The van der Waals surface area contributed by atoms with Crippen molar-refractivity contribution in [2.24, 2.45) is 0 Å². The second-order valence-corrected chi connectivity index (χ2v) is 7.91. The molecule has 1 aliphatic heterocycles. The van der Waals surface area contributed by atoms with Crippen molar-refractivity contribution >= 4 is 32.6 Å². The van der Waals surface area contributed by atoms with Crippen molar-refractivity contribution in [3.8, 4) is 28.6 Å². The van der Waals surface area contributed by atoms with Crippen LogP contribution in [0.15, 0.2) is 47.0 Å². The van der Waals surface area contributed by atoms with Crippen LogP contribution in [-0.4, -0.2) is 36.2 Å². The normalized spacial score (nSPS) is 12.7. The molecule has 0 radical (unpaired) electrons. The van der Waals surface area contributed by atoms with Crippen LogP contribution in [0.2, 0.25) is 0 Å². The zero-order chi connectivity index (χ0) is 21.2. The first-order valence-electron chi connectivity index (χ1n) is 9.77. The van der Waals surface area contributed by atoms with Crippen LogP contribution >= 0.6 is 11.3 Å². The highest BCUT2D eigenvalue weighted by atomic mass is 32.1. The number of aryl methyl sites for hydroxylation is 1. The minimum atomic E-state index is -0.152. The van der Waals surface area contributed by atoms with E-state index in [1.807, 2.05) is 36.4 Å². The lowest BCUT2D eigenvalue weighted by atomic mass is 10.2. The minimum Gasteiger partial charge on any atom is -0.497 e. The number of carbonyl (C=O) groups is 1. The maximum atomic E-state index is 12.4. The third-order valence-electron chi connectivity index (χ3n) is 4.79. The maximum Gasteiger partial charge on any atom is 0.226 e. The predicted molar refractivity (Wildman–Crippen MR) is 116 cm³/mol. The van der Waals surface area contributed by atoms with Crippen LogP contribution in [-0.2, 0) is 11.2 Å². The molecule has 0 atom stereocenters. The highest BCUT2D eigenvalue weighted by Crippen LogP contribution is 2.37. The topological polar surface area (TPSA) is 95.7 Å². The number of aromatic nitrogens is 2. The fourth-order valence-electron chi connectivity index (χ4n) is 3.24. The van der Waals surface area contributed by atoms with E-state index in [4.69, 9.17) is 18.6 Å². The van der Waals surface area contributed by atoms with Crippen molar-refractivity contribution in [2.45, 2.75) is 12.8 Å². The van der Waals surface area contributed by atoms with Crippen molar-refractivity contribution in [3.63, 3.8) is 0 Å². The maximum absolute atomic E-state index is 12.4. The van der Waals surface area contributed by atoms with Crippen molar-refractivity contribution < 1.29 is 23.4 Å². The second kappa shape index (κ2) is 8.27. The van der Waals surface area contributed by atoms with Crippen LogP contribution in [0.4, 0.5) is 5.13 Å². The molecule has 0 fully saturated rings. The molecule has 1 amide bonds. The number of thiazole rings is 1. The Labute approximate surface area is 181 Å². The Balaban J connectivity index is 1.20. The molecular formula is C22H19N3O5S. The number of nitrogens with one attached hydrogen (secondary N) is 1. The minimum absolute atomic E-state index is 0.152. The smallest absolute Gasteiger partial charge is 0.226 e. The zero-order valence-corrected chi connectivity index (χ0v) is 17.5. The third-order valence-corrected chi connectivity index (χ3v) is 5.73. The summed E-state index contributed by atoms with van der Waals surface area (Å²) in [5.74, 6) is 3.16. The van der Waals surface area contributed by atoms with Gasteiger partial charge in [-0.05, 0) is 24.3 Å². The van der Waals surface area contributed by atoms with Crippen molar-refractivity contribution in [2.75, 3.05) is 25.6 Å². The highest BCUT2D eigenvalue weighted by molar-refractivity contribution is 7.22. The fourth-order valence-corrected chi connectivity index (χ4v) is 4.13. The first kappa shape index (κ1) is 19.4. The van der Waals surface area contributed by atoms with E-state index in [1.165, 1.54) is 11.3 Å². The van der Waals surface area contributed by atoms with E-state index >= 15 is 0 Å². The van der Waals surface area contributed by atoms with Crippen molar-refractivity contribution in [1.29, 1.82) is 0 Å². The average molecular weight is 437 g/mol. The van der Waals surface area contributed by atoms with Gasteiger partial charge < -0.3 is 23.9 Å². The van der Waals surface area contributed by atoms with Gasteiger partial charge in [-0.2, -0.15) is 0 Å². The summed E-state index contributed by atoms with van der Waals surface area (Å²) in [6, 6.07) is 11.2. The molecule has 0 saturated carbocycles. The Hall–Kier alpha value is -3.59. The molecule has 0 saturated heterocycles. The Bertz CT molecular complexity index is 1190. The van der Waals surface area contributed by atoms with Gasteiger partial charge in [-0.3, -0.25) is 4.79 Å². The van der Waals surface area contributed by atoms with E-state index in [-0.39, 0.29) is 12.3 Å². The Morgan fingerprint density at radius 2 is 1.94 bits per heavy atom. The van der Waals surface area contributed by atoms with Crippen LogP contribution in [0, 0.1) is 0 Å². The number of hydrogen-bond acceptors (Lipinski definition) is 8. The molecule has 0 spiro atoms. The Morgan fingerprint density at radius 3 is 2.71 bits per heavy atom. The largest absolute Gasteiger partial charge is 0.497 e. The molecule has 1 N–H and O–H groups in total. The van der Waals surface area contributed by atoms with Gasteiger partial charge >= 0.3 is 0 Å². The van der Waals surface area contributed by atoms with Crippen molar-refractivity contribution in [3.05, 3.63) is 48.5 Å². The lowest BCUT2D eigenvalue weighted by Crippen LogP contribution is -2.15. The lowest BCUT2D eigenvalue weighted by Gasteiger charge is -2.17. The van der Waals surface area contributed by atoms with Gasteiger partial charge in [-0.15, -0.1) is 0 Å². The summed E-state index contributed by atoms with van der Waals surface area (Å²) in [7, 11) is 1.62. The number of ether oxygens (including phenoxy) is 3. The molecule has 8 nitrogen and oxygen atoms in total. The van der Waals surface area contributed by atoms with Gasteiger partial charge in [0.05, 0.1) is 23.5 Å². The second-order valence-electron chi connectivity index (χ2n) is 6.88. The summed E-state index contributed by atoms with van der Waals surface area (Å²) in [4.78, 5) is 21.1. The van der Waals surface area contributed by atoms with Crippen LogP contribution in [0.5, 0.6) is 17.2 Å². The monoisotopic (exact) mass is 437 g/mol. The molecule has 158 valence electrons. The van der Waals surface area contributed by atoms with E-state index in [2.05, 4.69) is 15.3 Å². The molecule has 4 aromatic rings. The molecule has 3 heterocycles. The number of fused-ring (bicyclic) bond motifs is 2. The fraction of sp³-hybridized carbons (Fsp3) is 0.227. The molecule has 0 aliphatic carbocycles. The number of rotatable bonds is 6. The van der Waals surface area contributed by atoms with Gasteiger partial charge in [0.2, 0.25) is 5.91 Å². The van der Waals surface area contributed by atoms with E-state index in [0.29, 0.717) is 47.9 Å². The standard InChI is InChI=1S/C22H19N3O5S/c1-27-14-4-2-13(3-5-14)18-12-23-21(30-18)7-6-20(26)25-22-24-15-10-16-17(11-19(15)31-22)29-9-8-28-16/h2-5,10-12H,6-9H2,1H3,(H,24,25,26). The quantitative estimate of drug-likeness (QED) is 0.480. The van der Waals surface area contributed by atoms with Gasteiger partial charge in [0.15, 0.2) is 28.3 Å². The number of benzene rings is 2. The summed E-state index contributed by atoms with van der Waals surface area (Å²) in [5, 5.41) is 3.38. The molecule has 1 aliphatic rings. The average Bonchev–Trinajstić information content (AvgIpc) is 3.42. The summed E-state index contributed by atoms with van der Waals surface area (Å²) in [6.07, 6.45) is 2.29. The Kier molecular flexibility index (Phi) is 5.17. The SMILES string of the molecule is COc1ccc(-c2cnc(CCC(=O)Nc3nc4cc5c(cc4s3)OCCO5)o2)cc1. The molecule has 9 heteroatoms. The van der Waals surface area contributed by atoms with Gasteiger partial charge in [-0.1, -0.05) is 11.3 Å². The van der Waals surface area contributed by atoms with Crippen molar-refractivity contribution in [1.82, 2.24) is 9.97 Å². The molecule has 31 heavy (non-hydrogen) atoms. The number of anilines is 1. The molecular weight excluding hydrogens is 418 g/mol. The number of carbonyl (C=O) groups excluding carboxylic acids is 1.